The lowest BCUT2D eigenvalue weighted by Crippen LogP contribution is -2.32. The van der Waals surface area contributed by atoms with Crippen LogP contribution in [0.15, 0.2) is 53.4 Å². The third kappa shape index (κ3) is 4.82. The van der Waals surface area contributed by atoms with Gasteiger partial charge in [0.25, 0.3) is 0 Å². The van der Waals surface area contributed by atoms with Gasteiger partial charge in [0.15, 0.2) is 0 Å². The monoisotopic (exact) mass is 430 g/mol. The molecule has 28 heavy (non-hydrogen) atoms. The number of sulfonamides is 1. The summed E-state index contributed by atoms with van der Waals surface area (Å²) in [6, 6.07) is 12.7. The number of hydrogen-bond acceptors (Lipinski definition) is 5. The van der Waals surface area contributed by atoms with Gasteiger partial charge in [0.1, 0.15) is 23.1 Å². The average Bonchev–Trinajstić information content (AvgIpc) is 3.06. The van der Waals surface area contributed by atoms with Crippen LogP contribution in [0.3, 0.4) is 0 Å². The molecule has 154 valence electrons. The molecule has 0 unspecified atom stereocenters. The largest absolute Gasteiger partial charge is 0.490 e. The number of halogens is 2. The minimum Gasteiger partial charge on any atom is -0.490 e. The van der Waals surface area contributed by atoms with Crippen molar-refractivity contribution >= 4 is 22.4 Å². The molecule has 0 amide bonds. The number of ether oxygens (including phenoxy) is 2. The second kappa shape index (κ2) is 9.67. The SMILES string of the molecule is COCCOc1ccc(F)cc1S(=O)(=O)N1C[C@@H](N)[C@H](c2ccccc2)C1.Cl. The van der Waals surface area contributed by atoms with Crippen LogP contribution >= 0.6 is 12.4 Å². The molecule has 1 fully saturated rings. The first-order valence-electron chi connectivity index (χ1n) is 8.65. The van der Waals surface area contributed by atoms with Gasteiger partial charge in [-0.3, -0.25) is 0 Å². The predicted molar refractivity (Wildman–Crippen MR) is 107 cm³/mol. The van der Waals surface area contributed by atoms with E-state index in [2.05, 4.69) is 0 Å². The van der Waals surface area contributed by atoms with Crippen LogP contribution < -0.4 is 10.5 Å². The fourth-order valence-electron chi connectivity index (χ4n) is 3.22. The molecule has 1 saturated heterocycles. The molecule has 2 atom stereocenters. The van der Waals surface area contributed by atoms with E-state index in [4.69, 9.17) is 15.2 Å². The maximum Gasteiger partial charge on any atom is 0.246 e. The quantitative estimate of drug-likeness (QED) is 0.682. The first kappa shape index (κ1) is 22.6. The number of nitrogens with zero attached hydrogens (tertiary/aromatic N) is 1. The molecule has 0 spiro atoms. The normalized spacial score (nSPS) is 20.0. The molecule has 0 saturated carbocycles. The van der Waals surface area contributed by atoms with Gasteiger partial charge in [0.2, 0.25) is 10.0 Å². The number of methoxy groups -OCH3 is 1. The van der Waals surface area contributed by atoms with Crippen molar-refractivity contribution in [3.05, 3.63) is 59.9 Å². The molecule has 1 aliphatic rings. The van der Waals surface area contributed by atoms with E-state index in [9.17, 15) is 12.8 Å². The van der Waals surface area contributed by atoms with Crippen molar-refractivity contribution in [2.45, 2.75) is 16.9 Å². The van der Waals surface area contributed by atoms with Crippen LogP contribution in [0, 0.1) is 5.82 Å². The van der Waals surface area contributed by atoms with Gasteiger partial charge in [-0.2, -0.15) is 4.31 Å². The van der Waals surface area contributed by atoms with Gasteiger partial charge in [-0.05, 0) is 23.8 Å². The molecular weight excluding hydrogens is 407 g/mol. The number of hydrogen-bond donors (Lipinski definition) is 1. The molecule has 3 rings (SSSR count). The summed E-state index contributed by atoms with van der Waals surface area (Å²) in [6.07, 6.45) is 0. The zero-order chi connectivity index (χ0) is 19.4. The molecule has 1 aliphatic heterocycles. The van der Waals surface area contributed by atoms with Crippen molar-refractivity contribution in [2.75, 3.05) is 33.4 Å². The van der Waals surface area contributed by atoms with Crippen molar-refractivity contribution in [1.29, 1.82) is 0 Å². The first-order chi connectivity index (χ1) is 12.9. The topological polar surface area (TPSA) is 81.9 Å². The van der Waals surface area contributed by atoms with Gasteiger partial charge in [-0.15, -0.1) is 12.4 Å². The average molecular weight is 431 g/mol. The van der Waals surface area contributed by atoms with Crippen LogP contribution in [0.1, 0.15) is 11.5 Å². The van der Waals surface area contributed by atoms with Crippen molar-refractivity contribution in [3.63, 3.8) is 0 Å². The highest BCUT2D eigenvalue weighted by atomic mass is 35.5. The fourth-order valence-corrected chi connectivity index (χ4v) is 4.86. The number of benzene rings is 2. The molecule has 2 aromatic carbocycles. The van der Waals surface area contributed by atoms with E-state index in [0.29, 0.717) is 6.61 Å². The molecule has 9 heteroatoms. The van der Waals surface area contributed by atoms with E-state index in [1.165, 1.54) is 23.5 Å². The Balaban J connectivity index is 0.00000280. The summed E-state index contributed by atoms with van der Waals surface area (Å²) in [5.41, 5.74) is 7.20. The summed E-state index contributed by atoms with van der Waals surface area (Å²) in [5, 5.41) is 0. The third-order valence-corrected chi connectivity index (χ3v) is 6.48. The maximum absolute atomic E-state index is 13.8. The van der Waals surface area contributed by atoms with Crippen LogP contribution in [0.4, 0.5) is 4.39 Å². The molecule has 2 aromatic rings. The Hall–Kier alpha value is -1.71. The molecule has 6 nitrogen and oxygen atoms in total. The minimum atomic E-state index is -3.96. The van der Waals surface area contributed by atoms with Gasteiger partial charge in [0, 0.05) is 32.2 Å². The van der Waals surface area contributed by atoms with E-state index in [1.807, 2.05) is 30.3 Å². The van der Waals surface area contributed by atoms with Crippen LogP contribution in [0.5, 0.6) is 5.75 Å². The Morgan fingerprint density at radius 2 is 1.86 bits per heavy atom. The number of nitrogens with two attached hydrogens (primary N) is 1. The summed E-state index contributed by atoms with van der Waals surface area (Å²) in [5.74, 6) is -0.659. The van der Waals surface area contributed by atoms with Gasteiger partial charge < -0.3 is 15.2 Å². The predicted octanol–water partition coefficient (Wildman–Crippen LogP) is 2.39. The second-order valence-electron chi connectivity index (χ2n) is 6.44. The second-order valence-corrected chi connectivity index (χ2v) is 8.34. The molecule has 0 aliphatic carbocycles. The highest BCUT2D eigenvalue weighted by Crippen LogP contribution is 2.34. The molecule has 0 radical (unpaired) electrons. The van der Waals surface area contributed by atoms with Crippen molar-refractivity contribution in [1.82, 2.24) is 4.31 Å². The van der Waals surface area contributed by atoms with Gasteiger partial charge in [-0.25, -0.2) is 12.8 Å². The fraction of sp³-hybridized carbons (Fsp3) is 0.368. The Bertz CT molecular complexity index is 883. The molecular formula is C19H24ClFN2O4S. The van der Waals surface area contributed by atoms with Gasteiger partial charge >= 0.3 is 0 Å². The molecule has 1 heterocycles. The maximum atomic E-state index is 13.8. The van der Waals surface area contributed by atoms with Crippen LogP contribution in [0.2, 0.25) is 0 Å². The van der Waals surface area contributed by atoms with Crippen molar-refractivity contribution < 1.29 is 22.3 Å². The van der Waals surface area contributed by atoms with Crippen molar-refractivity contribution in [3.8, 4) is 5.75 Å². The standard InChI is InChI=1S/C19H23FN2O4S.ClH/c1-25-9-10-26-18-8-7-15(20)11-19(18)27(23,24)22-12-16(17(21)13-22)14-5-3-2-4-6-14;/h2-8,11,16-17H,9-10,12-13,21H2,1H3;1H/t16-,17+;/m0./s1. The Labute approximate surface area is 170 Å². The Kier molecular flexibility index (Phi) is 7.79. The van der Waals surface area contributed by atoms with Crippen LogP contribution in [0.25, 0.3) is 0 Å². The Morgan fingerprint density at radius 1 is 1.14 bits per heavy atom. The summed E-state index contributed by atoms with van der Waals surface area (Å²) in [4.78, 5) is -0.195. The number of rotatable bonds is 7. The third-order valence-electron chi connectivity index (χ3n) is 4.63. The molecule has 0 bridgehead atoms. The van der Waals surface area contributed by atoms with E-state index in [-0.39, 0.29) is 54.7 Å². The van der Waals surface area contributed by atoms with Crippen LogP contribution in [-0.4, -0.2) is 52.2 Å². The molecule has 0 aromatic heterocycles. The summed E-state index contributed by atoms with van der Waals surface area (Å²) >= 11 is 0. The van der Waals surface area contributed by atoms with Crippen LogP contribution in [-0.2, 0) is 14.8 Å². The summed E-state index contributed by atoms with van der Waals surface area (Å²) in [6.45, 7) is 0.857. The smallest absolute Gasteiger partial charge is 0.246 e. The van der Waals surface area contributed by atoms with E-state index in [0.717, 1.165) is 11.6 Å². The molecule has 2 N–H and O–H groups in total. The highest BCUT2D eigenvalue weighted by Gasteiger charge is 2.39. The van der Waals surface area contributed by atoms with E-state index >= 15 is 0 Å². The highest BCUT2D eigenvalue weighted by molar-refractivity contribution is 7.89. The summed E-state index contributed by atoms with van der Waals surface area (Å²) in [7, 11) is -2.44. The lowest BCUT2D eigenvalue weighted by molar-refractivity contribution is 0.144. The zero-order valence-corrected chi connectivity index (χ0v) is 17.1. The minimum absolute atomic E-state index is 0. The van der Waals surface area contributed by atoms with Crippen molar-refractivity contribution in [2.24, 2.45) is 5.73 Å². The Morgan fingerprint density at radius 3 is 2.54 bits per heavy atom. The lowest BCUT2D eigenvalue weighted by atomic mass is 9.95. The van der Waals surface area contributed by atoms with Gasteiger partial charge in [0.05, 0.1) is 6.61 Å². The van der Waals surface area contributed by atoms with E-state index in [1.54, 1.807) is 0 Å². The summed E-state index contributed by atoms with van der Waals surface area (Å²) < 4.78 is 51.8. The lowest BCUT2D eigenvalue weighted by Gasteiger charge is -2.19. The first-order valence-corrected chi connectivity index (χ1v) is 10.1. The van der Waals surface area contributed by atoms with Gasteiger partial charge in [-0.1, -0.05) is 30.3 Å². The van der Waals surface area contributed by atoms with E-state index < -0.39 is 15.8 Å². The zero-order valence-electron chi connectivity index (χ0n) is 15.5.